The monoisotopic (exact) mass is 532 g/mol. The van der Waals surface area contributed by atoms with Gasteiger partial charge in [-0.1, -0.05) is 91.8 Å². The van der Waals surface area contributed by atoms with Gasteiger partial charge in [-0.05, 0) is 24.3 Å². The van der Waals surface area contributed by atoms with Crippen molar-refractivity contribution in [3.8, 4) is 11.5 Å². The maximum Gasteiger partial charge on any atom is 0.119 e. The number of rotatable bonds is 6. The van der Waals surface area contributed by atoms with E-state index in [1.165, 1.54) is 0 Å². The predicted octanol–water partition coefficient (Wildman–Crippen LogP) is 8.79. The second-order valence-electron chi connectivity index (χ2n) is 5.16. The maximum absolute atomic E-state index is 5.40. The van der Waals surface area contributed by atoms with Crippen molar-refractivity contribution in [1.29, 1.82) is 0 Å². The average molecular weight is 533 g/mol. The molecule has 2 aromatic carbocycles. The van der Waals surface area contributed by atoms with E-state index in [1.54, 1.807) is 0 Å². The van der Waals surface area contributed by atoms with Crippen LogP contribution in [0.3, 0.4) is 0 Å². The molecule has 0 aromatic heterocycles. The van der Waals surface area contributed by atoms with Crippen molar-refractivity contribution in [2.45, 2.75) is 67.6 Å². The van der Waals surface area contributed by atoms with E-state index in [2.05, 4.69) is 7.04 Å². The second-order valence-corrected chi connectivity index (χ2v) is 5.16. The first kappa shape index (κ1) is 43.1. The molecule has 34 heavy (non-hydrogen) atoms. The number of ether oxygens (including phenoxy) is 4. The standard InChI is InChI=1S/2C9H10O2.4C2H6.2CH3.P.V/c2*1-2-4-8(5-3-1)10-6-9-7-11-9;4*1-2;;;;/h2*1-5,9H,6-7H2;4*1-2H3;2*1H3;;/q;;;;;;2*-1;;. The van der Waals surface area contributed by atoms with Crippen LogP contribution in [0.25, 0.3) is 0 Å². The van der Waals surface area contributed by atoms with Gasteiger partial charge in [0.1, 0.15) is 36.9 Å². The smallest absolute Gasteiger partial charge is 0.119 e. The van der Waals surface area contributed by atoms with Gasteiger partial charge in [0.25, 0.3) is 0 Å². The number of hydrogen-bond donors (Lipinski definition) is 0. The molecule has 2 aromatic rings. The van der Waals surface area contributed by atoms with Crippen LogP contribution in [0.4, 0.5) is 0 Å². The molecule has 2 heterocycles. The van der Waals surface area contributed by atoms with E-state index < -0.39 is 0 Å². The first-order chi connectivity index (χ1) is 15.9. The Bertz CT molecular complexity index is 538. The Hall–Kier alpha value is -1.03. The first-order valence-electron chi connectivity index (χ1n) is 11.7. The fourth-order valence-electron chi connectivity index (χ4n) is 1.74. The summed E-state index contributed by atoms with van der Waals surface area (Å²) >= 11 is 2.01. The molecular formula is C28H50O4PV-2. The van der Waals surface area contributed by atoms with Crippen LogP contribution < -0.4 is 9.47 Å². The van der Waals surface area contributed by atoms with E-state index in [1.807, 2.05) is 132 Å². The normalized spacial score (nSPS) is 14.5. The van der Waals surface area contributed by atoms with Crippen molar-refractivity contribution in [2.75, 3.05) is 26.4 Å². The molecule has 2 unspecified atom stereocenters. The van der Waals surface area contributed by atoms with Crippen LogP contribution in [0.5, 0.6) is 11.5 Å². The van der Waals surface area contributed by atoms with Crippen LogP contribution in [0.2, 0.25) is 0 Å². The number of para-hydroxylation sites is 2. The molecule has 2 atom stereocenters. The Morgan fingerprint density at radius 1 is 0.618 bits per heavy atom. The molecule has 0 spiro atoms. The molecule has 4 rings (SSSR count). The zero-order valence-electron chi connectivity index (χ0n) is 23.3. The molecule has 0 amide bonds. The fourth-order valence-corrected chi connectivity index (χ4v) is 1.74. The predicted molar refractivity (Wildman–Crippen MR) is 148 cm³/mol. The molecule has 2 aliphatic heterocycles. The first-order valence-corrected chi connectivity index (χ1v) is 14.0. The minimum absolute atomic E-state index is 0. The summed E-state index contributed by atoms with van der Waals surface area (Å²) in [6, 6.07) is 19.6. The summed E-state index contributed by atoms with van der Waals surface area (Å²) < 4.78 is 20.8. The third-order valence-corrected chi connectivity index (χ3v) is 3.16. The van der Waals surface area contributed by atoms with Gasteiger partial charge in [0, 0.05) is 0 Å². The molecule has 0 N–H and O–H groups in total. The molecule has 4 nitrogen and oxygen atoms in total. The minimum Gasteiger partial charge on any atom is -0.491 e. The zero-order valence-corrected chi connectivity index (χ0v) is 25.6. The number of hydrogen-bond acceptors (Lipinski definition) is 4. The van der Waals surface area contributed by atoms with Gasteiger partial charge in [-0.15, -0.1) is 0 Å². The van der Waals surface area contributed by atoms with E-state index in [-0.39, 0.29) is 14.9 Å². The quantitative estimate of drug-likeness (QED) is 0.212. The van der Waals surface area contributed by atoms with Gasteiger partial charge in [-0.3, -0.25) is 0 Å². The Morgan fingerprint density at radius 2 is 0.853 bits per heavy atom. The van der Waals surface area contributed by atoms with Gasteiger partial charge in [0.15, 0.2) is 0 Å². The molecule has 0 radical (unpaired) electrons. The van der Waals surface area contributed by atoms with Crippen LogP contribution in [0.1, 0.15) is 55.4 Å². The molecule has 0 saturated carbocycles. The topological polar surface area (TPSA) is 43.5 Å². The van der Waals surface area contributed by atoms with Gasteiger partial charge < -0.3 is 33.8 Å². The van der Waals surface area contributed by atoms with E-state index in [4.69, 9.17) is 18.9 Å². The third kappa shape index (κ3) is 29.0. The second kappa shape index (κ2) is 36.5. The van der Waals surface area contributed by atoms with E-state index in [0.29, 0.717) is 25.4 Å². The summed E-state index contributed by atoms with van der Waals surface area (Å²) in [5, 5.41) is 0. The molecule has 6 heteroatoms. The van der Waals surface area contributed by atoms with Crippen LogP contribution in [0, 0.1) is 14.9 Å². The van der Waals surface area contributed by atoms with E-state index in [9.17, 15) is 0 Å². The van der Waals surface area contributed by atoms with Crippen LogP contribution in [-0.4, -0.2) is 38.6 Å². The molecule has 0 bridgehead atoms. The van der Waals surface area contributed by atoms with Crippen LogP contribution >= 0.6 is 7.04 Å². The zero-order chi connectivity index (χ0) is 25.0. The Kier molecular flexibility index (Phi) is 46.3. The molecule has 198 valence electrons. The summed E-state index contributed by atoms with van der Waals surface area (Å²) in [5.74, 6) is 1.84. The number of epoxide rings is 2. The van der Waals surface area contributed by atoms with Crippen molar-refractivity contribution in [2.24, 2.45) is 0 Å². The SMILES string of the molecule is CC.CC.CC.CC.[CH3-].[CH3-].[P]#[V].c1ccc(OCC2CO2)cc1.c1ccc(OCC2CO2)cc1. The maximum atomic E-state index is 5.40. The van der Waals surface area contributed by atoms with Gasteiger partial charge in [-0.2, -0.15) is 0 Å². The Morgan fingerprint density at radius 3 is 1.06 bits per heavy atom. The van der Waals surface area contributed by atoms with E-state index in [0.717, 1.165) is 24.7 Å². The summed E-state index contributed by atoms with van der Waals surface area (Å²) in [7, 11) is 3.47. The molecule has 2 aliphatic rings. The minimum atomic E-state index is 0. The van der Waals surface area contributed by atoms with E-state index >= 15 is 0 Å². The van der Waals surface area contributed by atoms with Gasteiger partial charge >= 0.3 is 23.3 Å². The molecule has 0 aliphatic carbocycles. The van der Waals surface area contributed by atoms with Crippen LogP contribution in [-0.2, 0) is 25.7 Å². The van der Waals surface area contributed by atoms with Crippen molar-refractivity contribution in [3.05, 3.63) is 75.5 Å². The molecule has 2 fully saturated rings. The van der Waals surface area contributed by atoms with Gasteiger partial charge in [-0.25, -0.2) is 0 Å². The number of benzene rings is 2. The van der Waals surface area contributed by atoms with Gasteiger partial charge in [0.2, 0.25) is 0 Å². The Labute approximate surface area is 222 Å². The molecule has 2 saturated heterocycles. The van der Waals surface area contributed by atoms with Crippen LogP contribution in [0.15, 0.2) is 60.7 Å². The van der Waals surface area contributed by atoms with Crippen molar-refractivity contribution in [1.82, 2.24) is 0 Å². The largest absolute Gasteiger partial charge is 0.491 e. The summed E-state index contributed by atoms with van der Waals surface area (Å²) in [5.41, 5.74) is 0. The van der Waals surface area contributed by atoms with Crippen molar-refractivity contribution >= 4 is 7.04 Å². The average Bonchev–Trinajstić information content (AvgIpc) is 3.85. The summed E-state index contributed by atoms with van der Waals surface area (Å²) in [6.07, 6.45) is 0.686. The van der Waals surface area contributed by atoms with Crippen molar-refractivity contribution < 1.29 is 35.2 Å². The van der Waals surface area contributed by atoms with Crippen molar-refractivity contribution in [3.63, 3.8) is 0 Å². The summed E-state index contributed by atoms with van der Waals surface area (Å²) in [4.78, 5) is 0. The molecular weight excluding hydrogens is 482 g/mol. The third-order valence-electron chi connectivity index (χ3n) is 3.16. The van der Waals surface area contributed by atoms with Gasteiger partial charge in [0.05, 0.1) is 13.2 Å². The Balaban J connectivity index is -0.000000116. The fraction of sp³-hybridized carbons (Fsp3) is 0.500. The summed E-state index contributed by atoms with van der Waals surface area (Å²) in [6.45, 7) is 19.1.